The summed E-state index contributed by atoms with van der Waals surface area (Å²) in [6, 6.07) is 15.7. The first-order valence-corrected chi connectivity index (χ1v) is 10.0. The average molecular weight is 335 g/mol. The quantitative estimate of drug-likeness (QED) is 0.556. The predicted octanol–water partition coefficient (Wildman–Crippen LogP) is 6.52. The van der Waals surface area contributed by atoms with E-state index in [0.29, 0.717) is 5.92 Å². The maximum Gasteiger partial charge on any atom is 0.0409 e. The molecule has 0 spiro atoms. The largest absolute Gasteiger partial charge is 0.0843 e. The first-order chi connectivity index (χ1) is 11.8. The van der Waals surface area contributed by atoms with E-state index in [1.54, 1.807) is 5.56 Å². The zero-order chi connectivity index (χ0) is 15.8. The molecule has 0 heterocycles. The van der Waals surface area contributed by atoms with Crippen molar-refractivity contribution in [1.29, 1.82) is 0 Å². The van der Waals surface area contributed by atoms with Gasteiger partial charge in [0.2, 0.25) is 0 Å². The Morgan fingerprint density at radius 3 is 2.12 bits per heavy atom. The van der Waals surface area contributed by atoms with Crippen LogP contribution in [0.2, 0.25) is 5.02 Å². The molecule has 1 unspecified atom stereocenters. The third-order valence-electron chi connectivity index (χ3n) is 7.62. The zero-order valence-corrected chi connectivity index (χ0v) is 14.7. The van der Waals surface area contributed by atoms with Gasteiger partial charge in [-0.3, -0.25) is 0 Å². The molecular formula is C23H23Cl. The third-order valence-corrected chi connectivity index (χ3v) is 7.85. The molecular weight excluding hydrogens is 312 g/mol. The Morgan fingerprint density at radius 2 is 1.38 bits per heavy atom. The van der Waals surface area contributed by atoms with E-state index in [2.05, 4.69) is 42.5 Å². The van der Waals surface area contributed by atoms with Gasteiger partial charge in [0.1, 0.15) is 0 Å². The molecule has 4 bridgehead atoms. The van der Waals surface area contributed by atoms with E-state index in [0.717, 1.165) is 34.6 Å². The molecule has 0 aliphatic heterocycles. The first-order valence-electron chi connectivity index (χ1n) is 9.66. The van der Waals surface area contributed by atoms with E-state index in [9.17, 15) is 0 Å². The lowest BCUT2D eigenvalue weighted by molar-refractivity contribution is -0.0424. The van der Waals surface area contributed by atoms with Crippen molar-refractivity contribution < 1.29 is 0 Å². The van der Waals surface area contributed by atoms with Crippen molar-refractivity contribution in [2.75, 3.05) is 0 Å². The van der Waals surface area contributed by atoms with Gasteiger partial charge in [-0.25, -0.2) is 0 Å². The second-order valence-electron chi connectivity index (χ2n) is 8.80. The fourth-order valence-corrected chi connectivity index (χ4v) is 7.32. The van der Waals surface area contributed by atoms with Crippen molar-refractivity contribution in [1.82, 2.24) is 0 Å². The summed E-state index contributed by atoms with van der Waals surface area (Å²) in [5.41, 5.74) is 5.99. The number of hydrogen-bond donors (Lipinski definition) is 0. The fraction of sp³-hybridized carbons (Fsp3) is 0.478. The maximum atomic E-state index is 6.42. The second kappa shape index (κ2) is 4.88. The standard InChI is InChI=1S/C23H23Cl/c24-17-5-6-19-18-3-1-2-4-20(18)23(21(19)12-17)22-15-8-13-7-14(10-15)11-16(22)9-13/h1-6,12-16,22-23H,7-11H2. The van der Waals surface area contributed by atoms with E-state index in [-0.39, 0.29) is 0 Å². The summed E-state index contributed by atoms with van der Waals surface area (Å²) in [5.74, 6) is 5.41. The van der Waals surface area contributed by atoms with Gasteiger partial charge in [0.05, 0.1) is 0 Å². The predicted molar refractivity (Wildman–Crippen MR) is 99.3 cm³/mol. The minimum Gasteiger partial charge on any atom is -0.0843 e. The molecule has 1 atom stereocenters. The number of fused-ring (bicyclic) bond motifs is 3. The highest BCUT2D eigenvalue weighted by molar-refractivity contribution is 6.30. The Labute approximate surface area is 149 Å². The van der Waals surface area contributed by atoms with Crippen LogP contribution in [0.1, 0.15) is 49.1 Å². The molecule has 4 saturated carbocycles. The van der Waals surface area contributed by atoms with E-state index in [4.69, 9.17) is 11.6 Å². The molecule has 0 saturated heterocycles. The Balaban J connectivity index is 1.52. The molecule has 7 rings (SSSR count). The minimum absolute atomic E-state index is 0.588. The van der Waals surface area contributed by atoms with Gasteiger partial charge in [-0.1, -0.05) is 41.9 Å². The lowest BCUT2D eigenvalue weighted by atomic mass is 9.49. The molecule has 5 aliphatic carbocycles. The molecule has 0 aromatic heterocycles. The van der Waals surface area contributed by atoms with Crippen LogP contribution in [0, 0.1) is 29.6 Å². The average Bonchev–Trinajstić information content (AvgIpc) is 2.88. The summed E-state index contributed by atoms with van der Waals surface area (Å²) in [6.07, 6.45) is 7.50. The van der Waals surface area contributed by atoms with Gasteiger partial charge in [0.25, 0.3) is 0 Å². The van der Waals surface area contributed by atoms with Crippen molar-refractivity contribution in [2.24, 2.45) is 29.6 Å². The number of hydrogen-bond acceptors (Lipinski definition) is 0. The Hall–Kier alpha value is -1.27. The van der Waals surface area contributed by atoms with E-state index in [1.807, 2.05) is 0 Å². The van der Waals surface area contributed by atoms with Gasteiger partial charge in [-0.15, -0.1) is 0 Å². The van der Waals surface area contributed by atoms with Gasteiger partial charge in [-0.05, 0) is 96.1 Å². The highest BCUT2D eigenvalue weighted by Crippen LogP contribution is 2.63. The molecule has 0 radical (unpaired) electrons. The maximum absolute atomic E-state index is 6.42. The molecule has 4 fully saturated rings. The van der Waals surface area contributed by atoms with E-state index in [1.165, 1.54) is 48.8 Å². The van der Waals surface area contributed by atoms with Crippen LogP contribution in [0.25, 0.3) is 11.1 Å². The van der Waals surface area contributed by atoms with Gasteiger partial charge in [-0.2, -0.15) is 0 Å². The second-order valence-corrected chi connectivity index (χ2v) is 9.24. The molecule has 0 nitrogen and oxygen atoms in total. The van der Waals surface area contributed by atoms with Crippen LogP contribution in [0.15, 0.2) is 42.5 Å². The fourth-order valence-electron chi connectivity index (χ4n) is 7.14. The Morgan fingerprint density at radius 1 is 0.708 bits per heavy atom. The SMILES string of the molecule is Clc1ccc2c(c1)C(C1C3CC4CC(C3)CC1C4)c1ccccc1-2. The summed E-state index contributed by atoms with van der Waals surface area (Å²) >= 11 is 6.42. The van der Waals surface area contributed by atoms with Crippen LogP contribution < -0.4 is 0 Å². The Kier molecular flexibility index (Phi) is 2.84. The van der Waals surface area contributed by atoms with Crippen molar-refractivity contribution in [3.8, 4) is 11.1 Å². The highest BCUT2D eigenvalue weighted by atomic mass is 35.5. The molecule has 5 aliphatic rings. The summed E-state index contributed by atoms with van der Waals surface area (Å²) in [7, 11) is 0. The number of halogens is 1. The number of rotatable bonds is 1. The summed E-state index contributed by atoms with van der Waals surface area (Å²) in [5, 5.41) is 0.898. The van der Waals surface area contributed by atoms with Crippen molar-refractivity contribution in [3.63, 3.8) is 0 Å². The zero-order valence-electron chi connectivity index (χ0n) is 13.9. The highest BCUT2D eigenvalue weighted by Gasteiger charge is 2.52. The van der Waals surface area contributed by atoms with Crippen LogP contribution in [-0.2, 0) is 0 Å². The summed E-state index contributed by atoms with van der Waals surface area (Å²) < 4.78 is 0. The molecule has 122 valence electrons. The molecule has 2 aromatic carbocycles. The topological polar surface area (TPSA) is 0 Å². The number of benzene rings is 2. The summed E-state index contributed by atoms with van der Waals surface area (Å²) in [4.78, 5) is 0. The first kappa shape index (κ1) is 14.0. The van der Waals surface area contributed by atoms with Crippen LogP contribution >= 0.6 is 11.6 Å². The summed E-state index contributed by atoms with van der Waals surface area (Å²) in [6.45, 7) is 0. The third kappa shape index (κ3) is 1.81. The molecule has 0 N–H and O–H groups in total. The molecule has 1 heteroatoms. The lowest BCUT2D eigenvalue weighted by Gasteiger charge is -2.56. The van der Waals surface area contributed by atoms with Crippen LogP contribution in [-0.4, -0.2) is 0 Å². The van der Waals surface area contributed by atoms with Crippen LogP contribution in [0.4, 0.5) is 0 Å². The van der Waals surface area contributed by atoms with Crippen LogP contribution in [0.5, 0.6) is 0 Å². The smallest absolute Gasteiger partial charge is 0.0409 e. The van der Waals surface area contributed by atoms with E-state index < -0.39 is 0 Å². The van der Waals surface area contributed by atoms with Crippen molar-refractivity contribution in [2.45, 2.75) is 38.0 Å². The minimum atomic E-state index is 0.588. The van der Waals surface area contributed by atoms with Gasteiger partial charge < -0.3 is 0 Å². The van der Waals surface area contributed by atoms with Crippen molar-refractivity contribution >= 4 is 11.6 Å². The Bertz CT molecular complexity index is 793. The van der Waals surface area contributed by atoms with Gasteiger partial charge in [0.15, 0.2) is 0 Å². The van der Waals surface area contributed by atoms with Crippen molar-refractivity contribution in [3.05, 3.63) is 58.6 Å². The lowest BCUT2D eigenvalue weighted by Crippen LogP contribution is -2.47. The normalized spacial score (nSPS) is 38.2. The van der Waals surface area contributed by atoms with Gasteiger partial charge in [0, 0.05) is 10.9 Å². The molecule has 24 heavy (non-hydrogen) atoms. The molecule has 2 aromatic rings. The molecule has 0 amide bonds. The van der Waals surface area contributed by atoms with Crippen LogP contribution in [0.3, 0.4) is 0 Å². The van der Waals surface area contributed by atoms with Gasteiger partial charge >= 0.3 is 0 Å². The monoisotopic (exact) mass is 334 g/mol. The van der Waals surface area contributed by atoms with E-state index >= 15 is 0 Å².